The third-order valence-corrected chi connectivity index (χ3v) is 2.24. The van der Waals surface area contributed by atoms with Crippen LogP contribution in [0.25, 0.3) is 0 Å². The minimum atomic E-state index is -0.398. The number of hydrogen-bond acceptors (Lipinski definition) is 5. The first-order chi connectivity index (χ1) is 7.06. The van der Waals surface area contributed by atoms with Gasteiger partial charge in [-0.3, -0.25) is 9.59 Å². The van der Waals surface area contributed by atoms with Crippen LogP contribution in [0.4, 0.5) is 0 Å². The molecule has 0 atom stereocenters. The van der Waals surface area contributed by atoms with E-state index in [9.17, 15) is 9.59 Å². The van der Waals surface area contributed by atoms with Crippen LogP contribution < -0.4 is 0 Å². The molecule has 0 aliphatic carbocycles. The Labute approximate surface area is 88.7 Å². The zero-order valence-corrected chi connectivity index (χ0v) is 9.08. The average Bonchev–Trinajstić information content (AvgIpc) is 2.20. The zero-order chi connectivity index (χ0) is 11.3. The molecule has 0 spiro atoms. The first kappa shape index (κ1) is 12.0. The van der Waals surface area contributed by atoms with Gasteiger partial charge in [0.25, 0.3) is 0 Å². The van der Waals surface area contributed by atoms with Crippen LogP contribution in [-0.4, -0.2) is 38.9 Å². The third-order valence-electron chi connectivity index (χ3n) is 2.24. The maximum atomic E-state index is 11.2. The Morgan fingerprint density at radius 1 is 1.27 bits per heavy atom. The van der Waals surface area contributed by atoms with E-state index in [-0.39, 0.29) is 24.2 Å². The zero-order valence-electron chi connectivity index (χ0n) is 9.08. The van der Waals surface area contributed by atoms with Crippen LogP contribution in [0.5, 0.6) is 0 Å². The molecule has 5 nitrogen and oxygen atoms in total. The summed E-state index contributed by atoms with van der Waals surface area (Å²) in [6.45, 7) is 3.59. The number of carbonyl (C=O) groups is 2. The lowest BCUT2D eigenvalue weighted by Gasteiger charge is -2.37. The van der Waals surface area contributed by atoms with Crippen molar-refractivity contribution in [2.75, 3.05) is 26.9 Å². The number of rotatable bonds is 5. The minimum absolute atomic E-state index is 0.0407. The van der Waals surface area contributed by atoms with Crippen molar-refractivity contribution in [1.29, 1.82) is 0 Å². The summed E-state index contributed by atoms with van der Waals surface area (Å²) in [6, 6.07) is 0. The number of esters is 2. The lowest BCUT2D eigenvalue weighted by Crippen LogP contribution is -2.44. The SMILES string of the molecule is COC(=O)CCC(=O)OCC1(C)COC1. The highest BCUT2D eigenvalue weighted by Crippen LogP contribution is 2.26. The molecule has 0 unspecified atom stereocenters. The van der Waals surface area contributed by atoms with Gasteiger partial charge in [-0.05, 0) is 0 Å². The molecule has 0 amide bonds. The predicted molar refractivity (Wildman–Crippen MR) is 51.1 cm³/mol. The van der Waals surface area contributed by atoms with E-state index in [1.165, 1.54) is 7.11 Å². The number of ether oxygens (including phenoxy) is 3. The van der Waals surface area contributed by atoms with E-state index < -0.39 is 5.97 Å². The average molecular weight is 216 g/mol. The van der Waals surface area contributed by atoms with Crippen molar-refractivity contribution < 1.29 is 23.8 Å². The summed E-state index contributed by atoms with van der Waals surface area (Å²) in [7, 11) is 1.29. The molecular formula is C10H16O5. The largest absolute Gasteiger partial charge is 0.469 e. The van der Waals surface area contributed by atoms with Gasteiger partial charge in [0.2, 0.25) is 0 Å². The molecule has 15 heavy (non-hydrogen) atoms. The smallest absolute Gasteiger partial charge is 0.306 e. The third kappa shape index (κ3) is 3.87. The Hall–Kier alpha value is -1.10. The standard InChI is InChI=1S/C10H16O5/c1-10(5-14-6-10)7-15-9(12)4-3-8(11)13-2/h3-7H2,1-2H3. The van der Waals surface area contributed by atoms with Crippen molar-refractivity contribution >= 4 is 11.9 Å². The number of hydrogen-bond donors (Lipinski definition) is 0. The monoisotopic (exact) mass is 216 g/mol. The van der Waals surface area contributed by atoms with Crippen molar-refractivity contribution in [3.8, 4) is 0 Å². The van der Waals surface area contributed by atoms with E-state index in [0.29, 0.717) is 19.8 Å². The molecule has 0 aromatic rings. The molecule has 1 fully saturated rings. The second kappa shape index (κ2) is 5.11. The molecule has 0 saturated carbocycles. The van der Waals surface area contributed by atoms with Crippen molar-refractivity contribution in [3.05, 3.63) is 0 Å². The molecule has 0 radical (unpaired) electrons. The summed E-state index contributed by atoms with van der Waals surface area (Å²) in [5, 5.41) is 0. The predicted octanol–water partition coefficient (Wildman–Crippen LogP) is 0.519. The van der Waals surface area contributed by atoms with Gasteiger partial charge in [0.05, 0.1) is 33.2 Å². The van der Waals surface area contributed by atoms with Gasteiger partial charge in [-0.25, -0.2) is 0 Å². The van der Waals surface area contributed by atoms with Gasteiger partial charge in [-0.1, -0.05) is 6.92 Å². The molecule has 1 aliphatic heterocycles. The molecule has 0 N–H and O–H groups in total. The summed E-state index contributed by atoms with van der Waals surface area (Å²) < 4.78 is 14.4. The molecule has 0 aromatic heterocycles. The second-order valence-corrected chi connectivity index (χ2v) is 4.04. The summed E-state index contributed by atoms with van der Waals surface area (Å²) in [4.78, 5) is 21.9. The summed E-state index contributed by atoms with van der Waals surface area (Å²) >= 11 is 0. The van der Waals surface area contributed by atoms with Gasteiger partial charge >= 0.3 is 11.9 Å². The number of carbonyl (C=O) groups excluding carboxylic acids is 2. The Kier molecular flexibility index (Phi) is 4.08. The quantitative estimate of drug-likeness (QED) is 0.627. The molecule has 0 bridgehead atoms. The van der Waals surface area contributed by atoms with Crippen LogP contribution in [0.1, 0.15) is 19.8 Å². The summed E-state index contributed by atoms with van der Waals surface area (Å²) in [5.74, 6) is -0.765. The van der Waals surface area contributed by atoms with Crippen molar-refractivity contribution in [2.45, 2.75) is 19.8 Å². The number of methoxy groups -OCH3 is 1. The highest BCUT2D eigenvalue weighted by Gasteiger charge is 2.34. The highest BCUT2D eigenvalue weighted by atomic mass is 16.5. The van der Waals surface area contributed by atoms with Gasteiger partial charge in [0.1, 0.15) is 6.61 Å². The Bertz CT molecular complexity index is 244. The lowest BCUT2D eigenvalue weighted by molar-refractivity contribution is -0.166. The first-order valence-corrected chi connectivity index (χ1v) is 4.86. The Morgan fingerprint density at radius 3 is 2.33 bits per heavy atom. The van der Waals surface area contributed by atoms with Crippen LogP contribution in [0.2, 0.25) is 0 Å². The van der Waals surface area contributed by atoms with E-state index >= 15 is 0 Å². The van der Waals surface area contributed by atoms with Crippen molar-refractivity contribution in [2.24, 2.45) is 5.41 Å². The van der Waals surface area contributed by atoms with Crippen molar-refractivity contribution in [3.63, 3.8) is 0 Å². The Morgan fingerprint density at radius 2 is 1.87 bits per heavy atom. The van der Waals surface area contributed by atoms with E-state index in [1.807, 2.05) is 6.92 Å². The van der Waals surface area contributed by atoms with E-state index in [4.69, 9.17) is 9.47 Å². The topological polar surface area (TPSA) is 61.8 Å². The second-order valence-electron chi connectivity index (χ2n) is 4.04. The summed E-state index contributed by atoms with van der Waals surface area (Å²) in [6.07, 6.45) is 0.145. The fourth-order valence-corrected chi connectivity index (χ4v) is 1.17. The van der Waals surface area contributed by atoms with E-state index in [0.717, 1.165) is 0 Å². The maximum absolute atomic E-state index is 11.2. The molecule has 86 valence electrons. The van der Waals surface area contributed by atoms with Crippen molar-refractivity contribution in [1.82, 2.24) is 0 Å². The van der Waals surface area contributed by atoms with Crippen LogP contribution in [0, 0.1) is 5.41 Å². The van der Waals surface area contributed by atoms with Crippen LogP contribution >= 0.6 is 0 Å². The van der Waals surface area contributed by atoms with Gasteiger partial charge in [0, 0.05) is 5.41 Å². The summed E-state index contributed by atoms with van der Waals surface area (Å²) in [5.41, 5.74) is -0.0407. The van der Waals surface area contributed by atoms with Gasteiger partial charge in [-0.15, -0.1) is 0 Å². The minimum Gasteiger partial charge on any atom is -0.469 e. The molecule has 1 saturated heterocycles. The van der Waals surface area contributed by atoms with Gasteiger partial charge in [0.15, 0.2) is 0 Å². The normalized spacial score (nSPS) is 17.7. The van der Waals surface area contributed by atoms with Gasteiger partial charge < -0.3 is 14.2 Å². The van der Waals surface area contributed by atoms with Crippen LogP contribution in [0.15, 0.2) is 0 Å². The van der Waals surface area contributed by atoms with Gasteiger partial charge in [-0.2, -0.15) is 0 Å². The van der Waals surface area contributed by atoms with E-state index in [2.05, 4.69) is 4.74 Å². The van der Waals surface area contributed by atoms with Crippen LogP contribution in [-0.2, 0) is 23.8 Å². The molecule has 1 heterocycles. The van der Waals surface area contributed by atoms with Crippen LogP contribution in [0.3, 0.4) is 0 Å². The fraction of sp³-hybridized carbons (Fsp3) is 0.800. The molecule has 0 aromatic carbocycles. The molecule has 1 rings (SSSR count). The molecular weight excluding hydrogens is 200 g/mol. The fourth-order valence-electron chi connectivity index (χ4n) is 1.17. The molecule has 5 heteroatoms. The lowest BCUT2D eigenvalue weighted by atomic mass is 9.90. The van der Waals surface area contributed by atoms with E-state index in [1.54, 1.807) is 0 Å². The molecule has 1 aliphatic rings. The first-order valence-electron chi connectivity index (χ1n) is 4.86. The maximum Gasteiger partial charge on any atom is 0.306 e. The Balaban J connectivity index is 2.10. The highest BCUT2D eigenvalue weighted by molar-refractivity contribution is 5.77.